The molecule has 0 spiro atoms. The van der Waals surface area contributed by atoms with Gasteiger partial charge in [0.1, 0.15) is 0 Å². The van der Waals surface area contributed by atoms with Gasteiger partial charge in [0.2, 0.25) is 0 Å². The van der Waals surface area contributed by atoms with Crippen molar-refractivity contribution in [2.75, 3.05) is 33.3 Å². The van der Waals surface area contributed by atoms with Crippen molar-refractivity contribution >= 4 is 0 Å². The van der Waals surface area contributed by atoms with Gasteiger partial charge in [-0.15, -0.1) is 0 Å². The van der Waals surface area contributed by atoms with Crippen molar-refractivity contribution in [2.24, 2.45) is 0 Å². The van der Waals surface area contributed by atoms with E-state index in [0.29, 0.717) is 12.1 Å². The van der Waals surface area contributed by atoms with Crippen LogP contribution in [0.3, 0.4) is 0 Å². The second-order valence-corrected chi connectivity index (χ2v) is 4.03. The fraction of sp³-hybridized carbons (Fsp3) is 1.00. The molecule has 3 nitrogen and oxygen atoms in total. The van der Waals surface area contributed by atoms with E-state index < -0.39 is 0 Å². The molecule has 0 aliphatic carbocycles. The molecule has 78 valence electrons. The Hall–Kier alpha value is -0.120. The number of hydrogen-bond acceptors (Lipinski definition) is 3. The summed E-state index contributed by atoms with van der Waals surface area (Å²) in [5.41, 5.74) is 0. The minimum Gasteiger partial charge on any atom is -0.395 e. The highest BCUT2D eigenvalue weighted by Gasteiger charge is 2.24. The van der Waals surface area contributed by atoms with Crippen LogP contribution in [0.5, 0.6) is 0 Å². The van der Waals surface area contributed by atoms with Crippen LogP contribution in [0, 0.1) is 0 Å². The maximum absolute atomic E-state index is 9.25. The zero-order chi connectivity index (χ0) is 9.84. The van der Waals surface area contributed by atoms with E-state index in [4.69, 9.17) is 0 Å². The second kappa shape index (κ2) is 4.94. The van der Waals surface area contributed by atoms with Gasteiger partial charge in [0, 0.05) is 18.6 Å². The lowest BCUT2D eigenvalue weighted by atomic mass is 10.2. The third-order valence-corrected chi connectivity index (χ3v) is 3.26. The van der Waals surface area contributed by atoms with Crippen molar-refractivity contribution in [1.82, 2.24) is 9.80 Å². The second-order valence-electron chi connectivity index (χ2n) is 4.03. The van der Waals surface area contributed by atoms with E-state index in [0.717, 1.165) is 13.1 Å². The first kappa shape index (κ1) is 11.0. The molecule has 1 rings (SSSR count). The lowest BCUT2D eigenvalue weighted by Gasteiger charge is -2.29. The Kier molecular flexibility index (Phi) is 4.16. The molecule has 0 aromatic rings. The third kappa shape index (κ3) is 2.66. The number of nitrogens with zero attached hydrogens (tertiary/aromatic N) is 2. The van der Waals surface area contributed by atoms with E-state index in [2.05, 4.69) is 30.7 Å². The van der Waals surface area contributed by atoms with Crippen LogP contribution < -0.4 is 0 Å². The van der Waals surface area contributed by atoms with E-state index in [1.54, 1.807) is 0 Å². The van der Waals surface area contributed by atoms with Gasteiger partial charge in [-0.3, -0.25) is 4.90 Å². The van der Waals surface area contributed by atoms with E-state index >= 15 is 0 Å². The molecule has 1 aliphatic rings. The topological polar surface area (TPSA) is 26.7 Å². The highest BCUT2D eigenvalue weighted by atomic mass is 16.3. The maximum Gasteiger partial charge on any atom is 0.0599 e. The summed E-state index contributed by atoms with van der Waals surface area (Å²) in [4.78, 5) is 4.72. The summed E-state index contributed by atoms with van der Waals surface area (Å²) in [7, 11) is 2.12. The average Bonchev–Trinajstić information content (AvgIpc) is 2.29. The highest BCUT2D eigenvalue weighted by molar-refractivity contribution is 4.81. The van der Waals surface area contributed by atoms with Crippen LogP contribution in [0.2, 0.25) is 0 Å². The SMILES string of the molecule is CCN1CCC(C)N(C)C(CO)C1. The van der Waals surface area contributed by atoms with Crippen molar-refractivity contribution in [2.45, 2.75) is 32.4 Å². The van der Waals surface area contributed by atoms with Crippen LogP contribution in [0.15, 0.2) is 0 Å². The molecule has 0 aromatic carbocycles. The van der Waals surface area contributed by atoms with Gasteiger partial charge in [0.05, 0.1) is 6.61 Å². The van der Waals surface area contributed by atoms with Gasteiger partial charge in [-0.05, 0) is 33.5 Å². The normalized spacial score (nSPS) is 33.2. The smallest absolute Gasteiger partial charge is 0.0599 e. The zero-order valence-corrected chi connectivity index (χ0v) is 9.03. The van der Waals surface area contributed by atoms with Crippen LogP contribution in [0.25, 0.3) is 0 Å². The van der Waals surface area contributed by atoms with Crippen molar-refractivity contribution in [3.63, 3.8) is 0 Å². The summed E-state index contributed by atoms with van der Waals surface area (Å²) >= 11 is 0. The van der Waals surface area contributed by atoms with Gasteiger partial charge in [-0.25, -0.2) is 0 Å². The van der Waals surface area contributed by atoms with Crippen molar-refractivity contribution < 1.29 is 5.11 Å². The first-order valence-corrected chi connectivity index (χ1v) is 5.24. The third-order valence-electron chi connectivity index (χ3n) is 3.26. The Morgan fingerprint density at radius 2 is 2.15 bits per heavy atom. The molecular weight excluding hydrogens is 164 g/mol. The highest BCUT2D eigenvalue weighted by Crippen LogP contribution is 2.13. The molecule has 1 aliphatic heterocycles. The lowest BCUT2D eigenvalue weighted by molar-refractivity contribution is 0.111. The summed E-state index contributed by atoms with van der Waals surface area (Å²) in [6.45, 7) is 7.97. The number of likely N-dealkylation sites (N-methyl/N-ethyl adjacent to an activating group) is 2. The molecule has 1 saturated heterocycles. The lowest BCUT2D eigenvalue weighted by Crippen LogP contribution is -2.43. The van der Waals surface area contributed by atoms with Gasteiger partial charge < -0.3 is 10.0 Å². The Labute approximate surface area is 81.3 Å². The molecule has 0 bridgehead atoms. The standard InChI is InChI=1S/C10H22N2O/c1-4-12-6-5-9(2)11(3)10(7-12)8-13/h9-10,13H,4-8H2,1-3H3. The monoisotopic (exact) mass is 186 g/mol. The average molecular weight is 186 g/mol. The first-order valence-electron chi connectivity index (χ1n) is 5.24. The van der Waals surface area contributed by atoms with Gasteiger partial charge in [-0.2, -0.15) is 0 Å². The van der Waals surface area contributed by atoms with Crippen LogP contribution in [0.1, 0.15) is 20.3 Å². The summed E-state index contributed by atoms with van der Waals surface area (Å²) in [5, 5.41) is 9.25. The minimum absolute atomic E-state index is 0.275. The Morgan fingerprint density at radius 3 is 2.69 bits per heavy atom. The van der Waals surface area contributed by atoms with Crippen molar-refractivity contribution in [1.29, 1.82) is 0 Å². The van der Waals surface area contributed by atoms with Crippen molar-refractivity contribution in [3.05, 3.63) is 0 Å². The molecular formula is C10H22N2O. The predicted molar refractivity (Wildman–Crippen MR) is 54.8 cm³/mol. The molecule has 0 saturated carbocycles. The summed E-state index contributed by atoms with van der Waals surface area (Å²) in [5.74, 6) is 0. The molecule has 0 aromatic heterocycles. The zero-order valence-electron chi connectivity index (χ0n) is 9.03. The molecule has 1 heterocycles. The van der Waals surface area contributed by atoms with Crippen LogP contribution in [0.4, 0.5) is 0 Å². The largest absolute Gasteiger partial charge is 0.395 e. The van der Waals surface area contributed by atoms with Crippen LogP contribution in [-0.2, 0) is 0 Å². The number of hydrogen-bond donors (Lipinski definition) is 1. The molecule has 1 N–H and O–H groups in total. The Balaban J connectivity index is 2.58. The number of aliphatic hydroxyl groups is 1. The number of rotatable bonds is 2. The minimum atomic E-state index is 0.275. The van der Waals surface area contributed by atoms with Gasteiger partial charge in [0.25, 0.3) is 0 Å². The van der Waals surface area contributed by atoms with Gasteiger partial charge in [-0.1, -0.05) is 6.92 Å². The summed E-state index contributed by atoms with van der Waals surface area (Å²) in [6, 6.07) is 0.908. The van der Waals surface area contributed by atoms with Gasteiger partial charge in [0.15, 0.2) is 0 Å². The fourth-order valence-corrected chi connectivity index (χ4v) is 1.92. The molecule has 13 heavy (non-hydrogen) atoms. The fourth-order valence-electron chi connectivity index (χ4n) is 1.92. The van der Waals surface area contributed by atoms with E-state index in [9.17, 15) is 5.11 Å². The molecule has 2 unspecified atom stereocenters. The number of aliphatic hydroxyl groups excluding tert-OH is 1. The van der Waals surface area contributed by atoms with Crippen LogP contribution in [-0.4, -0.2) is 60.3 Å². The van der Waals surface area contributed by atoms with Gasteiger partial charge >= 0.3 is 0 Å². The summed E-state index contributed by atoms with van der Waals surface area (Å²) < 4.78 is 0. The van der Waals surface area contributed by atoms with Crippen molar-refractivity contribution in [3.8, 4) is 0 Å². The molecule has 0 radical (unpaired) electrons. The first-order chi connectivity index (χ1) is 6.19. The van der Waals surface area contributed by atoms with E-state index in [-0.39, 0.29) is 6.61 Å². The summed E-state index contributed by atoms with van der Waals surface area (Å²) in [6.07, 6.45) is 1.21. The predicted octanol–water partition coefficient (Wildman–Crippen LogP) is 0.393. The quantitative estimate of drug-likeness (QED) is 0.676. The molecule has 3 heteroatoms. The van der Waals surface area contributed by atoms with E-state index in [1.165, 1.54) is 13.0 Å². The Bertz CT molecular complexity index is 152. The molecule has 1 fully saturated rings. The molecule has 0 amide bonds. The van der Waals surface area contributed by atoms with E-state index in [1.807, 2.05) is 0 Å². The maximum atomic E-state index is 9.25. The molecule has 2 atom stereocenters. The Morgan fingerprint density at radius 1 is 1.46 bits per heavy atom. The van der Waals surface area contributed by atoms with Crippen LogP contribution >= 0.6 is 0 Å².